The molecule has 1 aliphatic heterocycles. The van der Waals surface area contributed by atoms with E-state index < -0.39 is 17.8 Å². The number of furan rings is 1. The van der Waals surface area contributed by atoms with E-state index in [1.165, 1.54) is 6.07 Å². The summed E-state index contributed by atoms with van der Waals surface area (Å²) in [4.78, 5) is 34.1. The highest BCUT2D eigenvalue weighted by atomic mass is 19.1. The number of amides is 4. The third-order valence-electron chi connectivity index (χ3n) is 3.45. The standard InChI is InChI=1S/C16H14FN3O4/c17-12-4-2-1-3-11(12)13-7-5-10(24-13)6-8-14(21)19-20-9-15(22)18-16(20)23/h1-5,7H,6,8-9H2,(H,19,21)(H,18,22,23). The van der Waals surface area contributed by atoms with E-state index >= 15 is 0 Å². The van der Waals surface area contributed by atoms with Crippen LogP contribution >= 0.6 is 0 Å². The zero-order chi connectivity index (χ0) is 17.1. The van der Waals surface area contributed by atoms with E-state index in [4.69, 9.17) is 4.42 Å². The highest BCUT2D eigenvalue weighted by Crippen LogP contribution is 2.25. The molecule has 4 amide bonds. The average molecular weight is 331 g/mol. The van der Waals surface area contributed by atoms with Crippen molar-refractivity contribution in [3.8, 4) is 11.3 Å². The van der Waals surface area contributed by atoms with Crippen molar-refractivity contribution in [3.63, 3.8) is 0 Å². The lowest BCUT2D eigenvalue weighted by Gasteiger charge is -2.13. The van der Waals surface area contributed by atoms with Gasteiger partial charge in [0.2, 0.25) is 11.8 Å². The molecule has 0 aliphatic carbocycles. The lowest BCUT2D eigenvalue weighted by atomic mass is 10.1. The molecular weight excluding hydrogens is 317 g/mol. The Morgan fingerprint density at radius 2 is 2.04 bits per heavy atom. The van der Waals surface area contributed by atoms with Gasteiger partial charge in [0.1, 0.15) is 23.9 Å². The fourth-order valence-electron chi connectivity index (χ4n) is 2.29. The van der Waals surface area contributed by atoms with Gasteiger partial charge in [0, 0.05) is 12.8 Å². The number of hydrogen-bond donors (Lipinski definition) is 2. The van der Waals surface area contributed by atoms with Gasteiger partial charge in [-0.1, -0.05) is 12.1 Å². The SMILES string of the molecule is O=C1CN(NC(=O)CCc2ccc(-c3ccccc3F)o2)C(=O)N1. The summed E-state index contributed by atoms with van der Waals surface area (Å²) < 4.78 is 19.2. The van der Waals surface area contributed by atoms with E-state index in [0.717, 1.165) is 5.01 Å². The van der Waals surface area contributed by atoms with Gasteiger partial charge >= 0.3 is 6.03 Å². The molecule has 0 saturated carbocycles. The number of rotatable bonds is 5. The highest BCUT2D eigenvalue weighted by Gasteiger charge is 2.27. The first-order valence-corrected chi connectivity index (χ1v) is 7.27. The van der Waals surface area contributed by atoms with Crippen LogP contribution in [0.2, 0.25) is 0 Å². The van der Waals surface area contributed by atoms with Crippen LogP contribution in [0, 0.1) is 5.82 Å². The van der Waals surface area contributed by atoms with Crippen LogP contribution in [-0.4, -0.2) is 29.4 Å². The molecule has 7 nitrogen and oxygen atoms in total. The minimum absolute atomic E-state index is 0.0577. The number of urea groups is 1. The van der Waals surface area contributed by atoms with Crippen molar-refractivity contribution in [2.24, 2.45) is 0 Å². The lowest BCUT2D eigenvalue weighted by molar-refractivity contribution is -0.125. The van der Waals surface area contributed by atoms with Gasteiger partial charge in [0.15, 0.2) is 0 Å². The number of aryl methyl sites for hydroxylation is 1. The van der Waals surface area contributed by atoms with Gasteiger partial charge in [0.05, 0.1) is 5.56 Å². The van der Waals surface area contributed by atoms with Crippen molar-refractivity contribution < 1.29 is 23.2 Å². The zero-order valence-electron chi connectivity index (χ0n) is 12.5. The van der Waals surface area contributed by atoms with E-state index in [0.29, 0.717) is 17.1 Å². The zero-order valence-corrected chi connectivity index (χ0v) is 12.5. The fourth-order valence-corrected chi connectivity index (χ4v) is 2.29. The number of carbonyl (C=O) groups is 3. The summed E-state index contributed by atoms with van der Waals surface area (Å²) in [6.07, 6.45) is 0.339. The number of hydrogen-bond acceptors (Lipinski definition) is 4. The minimum Gasteiger partial charge on any atom is -0.461 e. The number of carbonyl (C=O) groups excluding carboxylic acids is 3. The summed E-state index contributed by atoms with van der Waals surface area (Å²) in [5, 5.41) is 2.97. The summed E-state index contributed by atoms with van der Waals surface area (Å²) in [7, 11) is 0. The Bertz CT molecular complexity index is 802. The molecule has 124 valence electrons. The topological polar surface area (TPSA) is 91.7 Å². The van der Waals surface area contributed by atoms with Crippen molar-refractivity contribution in [3.05, 3.63) is 48.0 Å². The first-order valence-electron chi connectivity index (χ1n) is 7.27. The molecule has 0 spiro atoms. The Morgan fingerprint density at radius 1 is 1.25 bits per heavy atom. The average Bonchev–Trinajstić information content (AvgIpc) is 3.13. The summed E-state index contributed by atoms with van der Waals surface area (Å²) in [6, 6.07) is 8.89. The van der Waals surface area contributed by atoms with Crippen LogP contribution in [0.4, 0.5) is 9.18 Å². The van der Waals surface area contributed by atoms with Crippen molar-refractivity contribution >= 4 is 17.8 Å². The molecule has 1 aromatic carbocycles. The number of hydrazine groups is 1. The molecule has 2 heterocycles. The Kier molecular flexibility index (Phi) is 4.28. The van der Waals surface area contributed by atoms with E-state index in [2.05, 4.69) is 10.7 Å². The first kappa shape index (κ1) is 15.7. The molecule has 0 atom stereocenters. The normalized spacial score (nSPS) is 14.0. The Balaban J connectivity index is 1.56. The van der Waals surface area contributed by atoms with Crippen LogP contribution in [0.15, 0.2) is 40.8 Å². The fraction of sp³-hybridized carbons (Fsp3) is 0.188. The van der Waals surface area contributed by atoms with Gasteiger partial charge in [-0.15, -0.1) is 0 Å². The second kappa shape index (κ2) is 6.53. The summed E-state index contributed by atoms with van der Waals surface area (Å²) >= 11 is 0. The largest absolute Gasteiger partial charge is 0.461 e. The molecule has 2 aromatic rings. The van der Waals surface area contributed by atoms with Gasteiger partial charge in [-0.3, -0.25) is 20.3 Å². The Morgan fingerprint density at radius 3 is 2.75 bits per heavy atom. The van der Waals surface area contributed by atoms with Crippen molar-refractivity contribution in [1.29, 1.82) is 0 Å². The van der Waals surface area contributed by atoms with Crippen molar-refractivity contribution in [2.75, 3.05) is 6.54 Å². The number of benzene rings is 1. The molecule has 3 rings (SSSR count). The number of nitrogens with one attached hydrogen (secondary N) is 2. The van der Waals surface area contributed by atoms with Crippen LogP contribution in [-0.2, 0) is 16.0 Å². The van der Waals surface area contributed by atoms with Crippen LogP contribution in [0.1, 0.15) is 12.2 Å². The minimum atomic E-state index is -0.659. The molecule has 1 saturated heterocycles. The maximum Gasteiger partial charge on any atom is 0.343 e. The molecule has 8 heteroatoms. The van der Waals surface area contributed by atoms with Gasteiger partial charge in [0.25, 0.3) is 0 Å². The molecule has 24 heavy (non-hydrogen) atoms. The number of nitrogens with zero attached hydrogens (tertiary/aromatic N) is 1. The quantitative estimate of drug-likeness (QED) is 0.814. The second-order valence-electron chi connectivity index (χ2n) is 5.22. The van der Waals surface area contributed by atoms with Crippen LogP contribution in [0.3, 0.4) is 0 Å². The highest BCUT2D eigenvalue weighted by molar-refractivity contribution is 6.02. The van der Waals surface area contributed by atoms with E-state index in [1.807, 2.05) is 0 Å². The predicted octanol–water partition coefficient (Wildman–Crippen LogP) is 1.60. The molecular formula is C16H14FN3O4. The van der Waals surface area contributed by atoms with Crippen LogP contribution in [0.5, 0.6) is 0 Å². The third kappa shape index (κ3) is 3.43. The summed E-state index contributed by atoms with van der Waals surface area (Å²) in [5.41, 5.74) is 2.68. The van der Waals surface area contributed by atoms with E-state index in [-0.39, 0.29) is 25.2 Å². The van der Waals surface area contributed by atoms with Crippen LogP contribution < -0.4 is 10.7 Å². The van der Waals surface area contributed by atoms with Crippen molar-refractivity contribution in [2.45, 2.75) is 12.8 Å². The first-order chi connectivity index (χ1) is 11.5. The van der Waals surface area contributed by atoms with E-state index in [1.54, 1.807) is 30.3 Å². The molecule has 2 N–H and O–H groups in total. The van der Waals surface area contributed by atoms with Crippen LogP contribution in [0.25, 0.3) is 11.3 Å². The smallest absolute Gasteiger partial charge is 0.343 e. The van der Waals surface area contributed by atoms with Gasteiger partial charge < -0.3 is 4.42 Å². The molecule has 1 aliphatic rings. The lowest BCUT2D eigenvalue weighted by Crippen LogP contribution is -2.44. The Labute approximate surface area is 136 Å². The summed E-state index contributed by atoms with van der Waals surface area (Å²) in [6.45, 7) is -0.206. The molecule has 1 fully saturated rings. The third-order valence-corrected chi connectivity index (χ3v) is 3.45. The van der Waals surface area contributed by atoms with Gasteiger partial charge in [-0.05, 0) is 24.3 Å². The monoisotopic (exact) mass is 331 g/mol. The maximum absolute atomic E-state index is 13.7. The number of halogens is 1. The van der Waals surface area contributed by atoms with Gasteiger partial charge in [-0.25, -0.2) is 14.2 Å². The van der Waals surface area contributed by atoms with Crippen molar-refractivity contribution in [1.82, 2.24) is 15.8 Å². The van der Waals surface area contributed by atoms with E-state index in [9.17, 15) is 18.8 Å². The second-order valence-corrected chi connectivity index (χ2v) is 5.22. The molecule has 0 radical (unpaired) electrons. The predicted molar refractivity (Wildman–Crippen MR) is 80.8 cm³/mol. The molecule has 0 unspecified atom stereocenters. The summed E-state index contributed by atoms with van der Waals surface area (Å²) in [5.74, 6) is -0.385. The Hall–Kier alpha value is -3.16. The number of imide groups is 1. The van der Waals surface area contributed by atoms with Gasteiger partial charge in [-0.2, -0.15) is 0 Å². The molecule has 1 aromatic heterocycles. The molecule has 0 bridgehead atoms. The maximum atomic E-state index is 13.7.